The number of carbonyl (C=O) groups is 1. The summed E-state index contributed by atoms with van der Waals surface area (Å²) >= 11 is 6.25. The summed E-state index contributed by atoms with van der Waals surface area (Å²) in [6, 6.07) is 7.88. The van der Waals surface area contributed by atoms with E-state index in [2.05, 4.69) is 15.0 Å². The molecule has 34 heavy (non-hydrogen) atoms. The van der Waals surface area contributed by atoms with Crippen LogP contribution in [-0.4, -0.2) is 26.9 Å². The molecule has 0 radical (unpaired) electrons. The number of benzene rings is 2. The van der Waals surface area contributed by atoms with E-state index in [1.807, 2.05) is 0 Å². The SMILES string of the molecule is Cc1cc(-c2nc([O-])nc(-c3cc(CCC(=O)C(C)(C)C(F)(F)F)ccc3Cl)n2)ccc1F.[Na+]. The predicted octanol–water partition coefficient (Wildman–Crippen LogP) is 2.47. The second-order valence-electron chi connectivity index (χ2n) is 8.09. The standard InChI is InChI=1S/C23H20ClF4N3O2.Na/c1-12-10-14(6-8-17(12)25)19-29-20(31-21(33)30-19)15-11-13(4-7-16(15)24)5-9-18(32)22(2,3)23(26,27)28;/h4,6-8,10-11H,5,9H2,1-3H3,(H,29,30,31,33);/q;+1/p-1. The Kier molecular flexibility index (Phi) is 8.85. The molecule has 3 rings (SSSR count). The van der Waals surface area contributed by atoms with Crippen LogP contribution >= 0.6 is 11.6 Å². The second kappa shape index (κ2) is 10.7. The molecule has 2 aromatic carbocycles. The number of nitrogens with zero attached hydrogens (tertiary/aromatic N) is 3. The summed E-state index contributed by atoms with van der Waals surface area (Å²) in [6.45, 7) is 3.25. The Morgan fingerprint density at radius 3 is 2.29 bits per heavy atom. The van der Waals surface area contributed by atoms with E-state index < -0.39 is 29.2 Å². The molecule has 0 aliphatic rings. The maximum absolute atomic E-state index is 13.6. The Bertz CT molecular complexity index is 1220. The zero-order valence-electron chi connectivity index (χ0n) is 18.9. The Morgan fingerprint density at radius 2 is 1.68 bits per heavy atom. The minimum absolute atomic E-state index is 0. The summed E-state index contributed by atoms with van der Waals surface area (Å²) in [4.78, 5) is 24.0. The molecule has 11 heteroatoms. The van der Waals surface area contributed by atoms with Crippen molar-refractivity contribution in [1.29, 1.82) is 0 Å². The molecule has 0 bridgehead atoms. The van der Waals surface area contributed by atoms with Crippen LogP contribution in [-0.2, 0) is 11.2 Å². The quantitative estimate of drug-likeness (QED) is 0.381. The van der Waals surface area contributed by atoms with E-state index in [1.54, 1.807) is 13.0 Å². The number of aryl methyl sites for hydroxylation is 2. The van der Waals surface area contributed by atoms with Gasteiger partial charge in [0.15, 0.2) is 11.6 Å². The van der Waals surface area contributed by atoms with Crippen LogP contribution in [0.15, 0.2) is 36.4 Å². The van der Waals surface area contributed by atoms with Gasteiger partial charge >= 0.3 is 35.7 Å². The van der Waals surface area contributed by atoms with Gasteiger partial charge in [-0.25, -0.2) is 19.3 Å². The van der Waals surface area contributed by atoms with E-state index in [-0.39, 0.29) is 64.6 Å². The third-order valence-electron chi connectivity index (χ3n) is 5.35. The van der Waals surface area contributed by atoms with Crippen LogP contribution in [0.1, 0.15) is 31.4 Å². The maximum atomic E-state index is 13.6. The monoisotopic (exact) mass is 503 g/mol. The third-order valence-corrected chi connectivity index (χ3v) is 5.68. The fraction of sp³-hybridized carbons (Fsp3) is 0.304. The Labute approximate surface area is 220 Å². The van der Waals surface area contributed by atoms with Crippen LogP contribution in [0, 0.1) is 18.2 Å². The molecule has 0 N–H and O–H groups in total. The van der Waals surface area contributed by atoms with Crippen molar-refractivity contribution in [3.05, 3.63) is 58.4 Å². The van der Waals surface area contributed by atoms with Gasteiger partial charge in [-0.3, -0.25) is 4.79 Å². The van der Waals surface area contributed by atoms with Crippen molar-refractivity contribution in [2.75, 3.05) is 0 Å². The summed E-state index contributed by atoms with van der Waals surface area (Å²) in [5.74, 6) is -1.38. The van der Waals surface area contributed by atoms with Crippen LogP contribution in [0.25, 0.3) is 22.8 Å². The number of rotatable bonds is 6. The van der Waals surface area contributed by atoms with Crippen molar-refractivity contribution in [1.82, 2.24) is 15.0 Å². The first-order chi connectivity index (χ1) is 15.3. The van der Waals surface area contributed by atoms with Crippen molar-refractivity contribution in [3.63, 3.8) is 0 Å². The van der Waals surface area contributed by atoms with Gasteiger partial charge in [0.2, 0.25) is 0 Å². The largest absolute Gasteiger partial charge is 1.00 e. The number of hydrogen-bond donors (Lipinski definition) is 0. The Hall–Kier alpha value is -2.07. The predicted molar refractivity (Wildman–Crippen MR) is 113 cm³/mol. The molecule has 0 atom stereocenters. The average Bonchev–Trinajstić information content (AvgIpc) is 2.73. The van der Waals surface area contributed by atoms with E-state index in [0.29, 0.717) is 16.7 Å². The molecule has 0 aliphatic heterocycles. The molecule has 0 saturated carbocycles. The first-order valence-electron chi connectivity index (χ1n) is 9.88. The minimum atomic E-state index is -4.65. The van der Waals surface area contributed by atoms with Crippen LogP contribution < -0.4 is 34.7 Å². The summed E-state index contributed by atoms with van der Waals surface area (Å²) < 4.78 is 52.9. The van der Waals surface area contributed by atoms with Gasteiger partial charge in [0.1, 0.15) is 17.0 Å². The number of halogens is 5. The topological polar surface area (TPSA) is 78.8 Å². The molecular weight excluding hydrogens is 485 g/mol. The molecular formula is C23H19ClF4N3NaO2. The van der Waals surface area contributed by atoms with E-state index >= 15 is 0 Å². The minimum Gasteiger partial charge on any atom is -0.844 e. The van der Waals surface area contributed by atoms with E-state index in [1.165, 1.54) is 30.3 Å². The van der Waals surface area contributed by atoms with E-state index in [0.717, 1.165) is 13.8 Å². The summed E-state index contributed by atoms with van der Waals surface area (Å²) in [7, 11) is 0. The van der Waals surface area contributed by atoms with Gasteiger partial charge in [-0.2, -0.15) is 13.2 Å². The van der Waals surface area contributed by atoms with Crippen molar-refractivity contribution in [2.24, 2.45) is 5.41 Å². The number of aromatic nitrogens is 3. The van der Waals surface area contributed by atoms with E-state index in [4.69, 9.17) is 11.6 Å². The zero-order chi connectivity index (χ0) is 24.6. The molecule has 1 aromatic heterocycles. The maximum Gasteiger partial charge on any atom is 1.00 e. The molecule has 0 fully saturated rings. The van der Waals surface area contributed by atoms with Crippen molar-refractivity contribution >= 4 is 17.4 Å². The van der Waals surface area contributed by atoms with Gasteiger partial charge in [-0.1, -0.05) is 17.7 Å². The number of ketones is 1. The molecule has 0 amide bonds. The third kappa shape index (κ3) is 6.13. The molecule has 174 valence electrons. The van der Waals surface area contributed by atoms with Gasteiger partial charge in [0.25, 0.3) is 0 Å². The number of carbonyl (C=O) groups excluding carboxylic acids is 1. The van der Waals surface area contributed by atoms with Crippen LogP contribution in [0.4, 0.5) is 17.6 Å². The molecule has 1 heterocycles. The van der Waals surface area contributed by atoms with E-state index in [9.17, 15) is 27.5 Å². The number of alkyl halides is 3. The fourth-order valence-corrected chi connectivity index (χ4v) is 3.22. The fourth-order valence-electron chi connectivity index (χ4n) is 3.02. The summed E-state index contributed by atoms with van der Waals surface area (Å²) in [5.41, 5.74) is -0.935. The normalized spacial score (nSPS) is 11.8. The van der Waals surface area contributed by atoms with Gasteiger partial charge in [-0.15, -0.1) is 0 Å². The molecule has 3 aromatic rings. The molecule has 0 saturated heterocycles. The van der Waals surface area contributed by atoms with Gasteiger partial charge in [0.05, 0.1) is 11.0 Å². The summed E-state index contributed by atoms with van der Waals surface area (Å²) in [5, 5.41) is 12.3. The van der Waals surface area contributed by atoms with Crippen LogP contribution in [0.5, 0.6) is 6.01 Å². The van der Waals surface area contributed by atoms with Gasteiger partial charge in [-0.05, 0) is 68.7 Å². The van der Waals surface area contributed by atoms with Crippen LogP contribution in [0.3, 0.4) is 0 Å². The smallest absolute Gasteiger partial charge is 0.844 e. The van der Waals surface area contributed by atoms with Gasteiger partial charge < -0.3 is 5.11 Å². The number of Topliss-reactive ketones (excluding diaryl/α,β-unsaturated/α-hetero) is 1. The first-order valence-corrected chi connectivity index (χ1v) is 10.3. The number of hydrogen-bond acceptors (Lipinski definition) is 5. The van der Waals surface area contributed by atoms with Crippen molar-refractivity contribution in [2.45, 2.75) is 39.8 Å². The molecule has 0 spiro atoms. The van der Waals surface area contributed by atoms with Crippen molar-refractivity contribution < 1.29 is 57.0 Å². The van der Waals surface area contributed by atoms with Crippen molar-refractivity contribution in [3.8, 4) is 28.8 Å². The van der Waals surface area contributed by atoms with Gasteiger partial charge in [0, 0.05) is 17.5 Å². The molecule has 0 aliphatic carbocycles. The zero-order valence-corrected chi connectivity index (χ0v) is 21.7. The first kappa shape index (κ1) is 28.2. The second-order valence-corrected chi connectivity index (χ2v) is 8.50. The Balaban J connectivity index is 0.00000408. The Morgan fingerprint density at radius 1 is 1.03 bits per heavy atom. The van der Waals surface area contributed by atoms with Crippen LogP contribution in [0.2, 0.25) is 5.02 Å². The molecule has 5 nitrogen and oxygen atoms in total. The summed E-state index contributed by atoms with van der Waals surface area (Å²) in [6.07, 6.45) is -4.96. The average molecular weight is 504 g/mol. The molecule has 0 unspecified atom stereocenters.